The zero-order valence-electron chi connectivity index (χ0n) is 11.3. The van der Waals surface area contributed by atoms with Gasteiger partial charge in [-0.1, -0.05) is 25.4 Å². The van der Waals surface area contributed by atoms with Crippen molar-refractivity contribution in [2.24, 2.45) is 5.41 Å². The van der Waals surface area contributed by atoms with Gasteiger partial charge in [0, 0.05) is 22.9 Å². The van der Waals surface area contributed by atoms with E-state index >= 15 is 0 Å². The quantitative estimate of drug-likeness (QED) is 0.759. The van der Waals surface area contributed by atoms with Crippen LogP contribution in [0.1, 0.15) is 31.6 Å². The van der Waals surface area contributed by atoms with Gasteiger partial charge in [0.2, 0.25) is 5.91 Å². The second kappa shape index (κ2) is 7.68. The summed E-state index contributed by atoms with van der Waals surface area (Å²) in [6.07, 6.45) is 4.91. The van der Waals surface area contributed by atoms with Crippen molar-refractivity contribution in [2.45, 2.75) is 26.7 Å². The van der Waals surface area contributed by atoms with Crippen LogP contribution >= 0.6 is 22.9 Å². The predicted octanol–water partition coefficient (Wildman–Crippen LogP) is 3.33. The van der Waals surface area contributed by atoms with Crippen molar-refractivity contribution in [1.29, 1.82) is 0 Å². The Bertz CT molecular complexity index is 430. The molecule has 0 bridgehead atoms. The molecular weight excluding hydrogens is 282 g/mol. The van der Waals surface area contributed by atoms with Gasteiger partial charge in [-0.15, -0.1) is 11.3 Å². The molecule has 0 unspecified atom stereocenters. The molecule has 19 heavy (non-hydrogen) atoms. The van der Waals surface area contributed by atoms with E-state index in [4.69, 9.17) is 11.6 Å². The molecule has 0 aliphatic rings. The highest BCUT2D eigenvalue weighted by Gasteiger charge is 2.25. The summed E-state index contributed by atoms with van der Waals surface area (Å²) in [6, 6.07) is 3.67. The van der Waals surface area contributed by atoms with E-state index in [9.17, 15) is 9.90 Å². The van der Waals surface area contributed by atoms with Gasteiger partial charge in [-0.05, 0) is 31.1 Å². The first-order chi connectivity index (χ1) is 9.05. The maximum atomic E-state index is 11.7. The Labute approximate surface area is 123 Å². The number of hydrogen-bond donors (Lipinski definition) is 2. The minimum Gasteiger partial charge on any atom is -0.396 e. The van der Waals surface area contributed by atoms with Gasteiger partial charge in [0.15, 0.2) is 0 Å². The van der Waals surface area contributed by atoms with Crippen molar-refractivity contribution in [1.82, 2.24) is 5.32 Å². The minimum absolute atomic E-state index is 0.0878. The van der Waals surface area contributed by atoms with Gasteiger partial charge in [0.1, 0.15) is 0 Å². The van der Waals surface area contributed by atoms with Gasteiger partial charge in [-0.2, -0.15) is 0 Å². The molecule has 1 rings (SSSR count). The van der Waals surface area contributed by atoms with Crippen LogP contribution in [0.2, 0.25) is 4.34 Å². The van der Waals surface area contributed by atoms with Crippen molar-refractivity contribution in [3.63, 3.8) is 0 Å². The van der Waals surface area contributed by atoms with Gasteiger partial charge in [0.25, 0.3) is 0 Å². The SMILES string of the molecule is CCC(CC)(CO)CNC(=O)/C=C/c1ccc(Cl)s1. The molecular formula is C14H20ClNO2S. The summed E-state index contributed by atoms with van der Waals surface area (Å²) in [7, 11) is 0. The Morgan fingerprint density at radius 2 is 2.16 bits per heavy atom. The average molecular weight is 302 g/mol. The van der Waals surface area contributed by atoms with Gasteiger partial charge in [0.05, 0.1) is 10.9 Å². The molecule has 5 heteroatoms. The molecule has 1 heterocycles. The third kappa shape index (κ3) is 4.97. The lowest BCUT2D eigenvalue weighted by Crippen LogP contribution is -2.38. The first kappa shape index (κ1) is 16.2. The fourth-order valence-electron chi connectivity index (χ4n) is 1.69. The molecule has 0 aromatic carbocycles. The number of rotatable bonds is 7. The summed E-state index contributed by atoms with van der Waals surface area (Å²) < 4.78 is 0.705. The van der Waals surface area contributed by atoms with Crippen LogP contribution in [0, 0.1) is 5.41 Å². The molecule has 1 aromatic heterocycles. The Kier molecular flexibility index (Phi) is 6.55. The molecule has 0 aliphatic heterocycles. The summed E-state index contributed by atoms with van der Waals surface area (Å²) in [5.74, 6) is -0.149. The number of carbonyl (C=O) groups excluding carboxylic acids is 1. The molecule has 0 fully saturated rings. The van der Waals surface area contributed by atoms with Crippen molar-refractivity contribution < 1.29 is 9.90 Å². The van der Waals surface area contributed by atoms with E-state index in [-0.39, 0.29) is 17.9 Å². The maximum Gasteiger partial charge on any atom is 0.244 e. The second-order valence-corrected chi connectivity index (χ2v) is 6.30. The Morgan fingerprint density at radius 1 is 1.47 bits per heavy atom. The van der Waals surface area contributed by atoms with Crippen LogP contribution < -0.4 is 5.32 Å². The van der Waals surface area contributed by atoms with E-state index in [1.165, 1.54) is 17.4 Å². The molecule has 0 saturated carbocycles. The van der Waals surface area contributed by atoms with Crippen LogP contribution in [-0.2, 0) is 4.79 Å². The standard InChI is InChI=1S/C14H20ClNO2S/c1-3-14(4-2,10-17)9-16-13(18)8-6-11-5-7-12(15)19-11/h5-8,17H,3-4,9-10H2,1-2H3,(H,16,18)/b8-6+. The highest BCUT2D eigenvalue weighted by Crippen LogP contribution is 2.24. The van der Waals surface area contributed by atoms with E-state index in [1.807, 2.05) is 19.9 Å². The molecule has 0 saturated heterocycles. The normalized spacial score (nSPS) is 12.0. The molecule has 2 N–H and O–H groups in total. The van der Waals surface area contributed by atoms with Crippen LogP contribution in [0.4, 0.5) is 0 Å². The summed E-state index contributed by atoms with van der Waals surface area (Å²) in [5, 5.41) is 12.3. The van der Waals surface area contributed by atoms with Crippen LogP contribution in [0.15, 0.2) is 18.2 Å². The van der Waals surface area contributed by atoms with Crippen molar-refractivity contribution >= 4 is 34.9 Å². The molecule has 106 valence electrons. The summed E-state index contributed by atoms with van der Waals surface area (Å²) in [6.45, 7) is 4.63. The number of halogens is 1. The lowest BCUT2D eigenvalue weighted by Gasteiger charge is -2.29. The lowest BCUT2D eigenvalue weighted by atomic mass is 9.83. The average Bonchev–Trinajstić information content (AvgIpc) is 2.84. The number of amides is 1. The van der Waals surface area contributed by atoms with E-state index in [0.717, 1.165) is 17.7 Å². The highest BCUT2D eigenvalue weighted by molar-refractivity contribution is 7.17. The third-order valence-corrected chi connectivity index (χ3v) is 4.66. The molecule has 1 amide bonds. The molecule has 3 nitrogen and oxygen atoms in total. The Balaban J connectivity index is 2.49. The largest absolute Gasteiger partial charge is 0.396 e. The molecule has 1 aromatic rings. The van der Waals surface area contributed by atoms with Gasteiger partial charge < -0.3 is 10.4 Å². The van der Waals surface area contributed by atoms with E-state index in [2.05, 4.69) is 5.32 Å². The fraction of sp³-hybridized carbons (Fsp3) is 0.500. The number of nitrogens with one attached hydrogen (secondary N) is 1. The van der Waals surface area contributed by atoms with Crippen LogP contribution in [0.25, 0.3) is 6.08 Å². The van der Waals surface area contributed by atoms with Crippen molar-refractivity contribution in [3.05, 3.63) is 27.4 Å². The fourth-order valence-corrected chi connectivity index (χ4v) is 2.65. The van der Waals surface area contributed by atoms with Crippen LogP contribution in [-0.4, -0.2) is 24.2 Å². The van der Waals surface area contributed by atoms with Gasteiger partial charge in [-0.3, -0.25) is 4.79 Å². The van der Waals surface area contributed by atoms with Crippen molar-refractivity contribution in [3.8, 4) is 0 Å². The molecule has 0 radical (unpaired) electrons. The Morgan fingerprint density at radius 3 is 2.63 bits per heavy atom. The first-order valence-electron chi connectivity index (χ1n) is 6.37. The number of carbonyl (C=O) groups is 1. The minimum atomic E-state index is -0.213. The monoisotopic (exact) mass is 301 g/mol. The number of hydrogen-bond acceptors (Lipinski definition) is 3. The second-order valence-electron chi connectivity index (χ2n) is 4.56. The Hall–Kier alpha value is -0.840. The molecule has 0 spiro atoms. The topological polar surface area (TPSA) is 49.3 Å². The zero-order chi connectivity index (χ0) is 14.3. The smallest absolute Gasteiger partial charge is 0.244 e. The zero-order valence-corrected chi connectivity index (χ0v) is 12.9. The molecule has 0 aliphatic carbocycles. The summed E-state index contributed by atoms with van der Waals surface area (Å²) in [5.41, 5.74) is -0.213. The van der Waals surface area contributed by atoms with Crippen molar-refractivity contribution in [2.75, 3.05) is 13.2 Å². The van der Waals surface area contributed by atoms with E-state index in [1.54, 1.807) is 12.1 Å². The highest BCUT2D eigenvalue weighted by atomic mass is 35.5. The summed E-state index contributed by atoms with van der Waals surface area (Å²) >= 11 is 7.23. The number of aliphatic hydroxyl groups is 1. The third-order valence-electron chi connectivity index (χ3n) is 3.47. The van der Waals surface area contributed by atoms with Gasteiger partial charge in [-0.25, -0.2) is 0 Å². The maximum absolute atomic E-state index is 11.7. The summed E-state index contributed by atoms with van der Waals surface area (Å²) in [4.78, 5) is 12.7. The van der Waals surface area contributed by atoms with Crippen LogP contribution in [0.5, 0.6) is 0 Å². The first-order valence-corrected chi connectivity index (χ1v) is 7.57. The molecule has 0 atom stereocenters. The number of aliphatic hydroxyl groups excluding tert-OH is 1. The number of thiophene rings is 1. The predicted molar refractivity (Wildman–Crippen MR) is 81.5 cm³/mol. The van der Waals surface area contributed by atoms with Crippen LogP contribution in [0.3, 0.4) is 0 Å². The lowest BCUT2D eigenvalue weighted by molar-refractivity contribution is -0.117. The van der Waals surface area contributed by atoms with Gasteiger partial charge >= 0.3 is 0 Å². The van der Waals surface area contributed by atoms with E-state index in [0.29, 0.717) is 10.9 Å². The van der Waals surface area contributed by atoms with E-state index < -0.39 is 0 Å².